The molecule has 2 saturated heterocycles. The van der Waals surface area contributed by atoms with Gasteiger partial charge >= 0.3 is 17.8 Å². The van der Waals surface area contributed by atoms with Gasteiger partial charge < -0.3 is 23.4 Å². The summed E-state index contributed by atoms with van der Waals surface area (Å²) in [5, 5.41) is 1.53. The van der Waals surface area contributed by atoms with Crippen molar-refractivity contribution >= 4 is 40.2 Å². The molecule has 3 aliphatic rings. The number of hydrogen-bond acceptors (Lipinski definition) is 9. The minimum Gasteiger partial charge on any atom is -0.486 e. The van der Waals surface area contributed by atoms with E-state index < -0.39 is 17.8 Å². The van der Waals surface area contributed by atoms with Gasteiger partial charge in [0.1, 0.15) is 13.2 Å². The maximum absolute atomic E-state index is 12.1. The largest absolute Gasteiger partial charge is 0.486 e. The molecule has 34 heavy (non-hydrogen) atoms. The minimum absolute atomic E-state index is 0.186. The van der Waals surface area contributed by atoms with Gasteiger partial charge in [-0.05, 0) is 30.2 Å². The van der Waals surface area contributed by atoms with Crippen LogP contribution in [0.3, 0.4) is 0 Å². The fourth-order valence-electron chi connectivity index (χ4n) is 4.74. The van der Waals surface area contributed by atoms with Crippen LogP contribution in [0.1, 0.15) is 5.56 Å². The Morgan fingerprint density at radius 1 is 0.971 bits per heavy atom. The van der Waals surface area contributed by atoms with Crippen LogP contribution in [0.5, 0.6) is 11.5 Å². The molecular weight excluding hydrogens is 464 g/mol. The van der Waals surface area contributed by atoms with Gasteiger partial charge in [0.2, 0.25) is 0 Å². The standard InChI is InChI=1S/C24H21ClN2O7/c25-17-4-1-3-16-15(13-32-20(16)17)7-8-26-9-10-27(24(14-26)33-22(28)23(29)34-24)18-5-2-6-19-21(18)31-12-11-30-19/h1-6,13H,7-12,14H2. The van der Waals surface area contributed by atoms with E-state index in [-0.39, 0.29) is 6.54 Å². The Labute approximate surface area is 199 Å². The van der Waals surface area contributed by atoms with Gasteiger partial charge in [0.15, 0.2) is 17.1 Å². The predicted octanol–water partition coefficient (Wildman–Crippen LogP) is 2.98. The van der Waals surface area contributed by atoms with Crippen molar-refractivity contribution in [3.8, 4) is 11.5 Å². The smallest absolute Gasteiger partial charge is 0.422 e. The van der Waals surface area contributed by atoms with E-state index in [1.54, 1.807) is 17.2 Å². The fourth-order valence-corrected chi connectivity index (χ4v) is 4.96. The van der Waals surface area contributed by atoms with Gasteiger partial charge in [0, 0.05) is 25.0 Å². The summed E-state index contributed by atoms with van der Waals surface area (Å²) < 4.78 is 28.3. The third kappa shape index (κ3) is 3.43. The summed E-state index contributed by atoms with van der Waals surface area (Å²) in [7, 11) is 0. The highest BCUT2D eigenvalue weighted by Gasteiger charge is 2.56. The Bertz CT molecular complexity index is 1270. The first kappa shape index (κ1) is 21.1. The number of halogens is 1. The van der Waals surface area contributed by atoms with E-state index in [2.05, 4.69) is 4.90 Å². The lowest BCUT2D eigenvalue weighted by molar-refractivity contribution is -0.192. The number of ether oxygens (including phenoxy) is 4. The third-order valence-electron chi connectivity index (χ3n) is 6.31. The number of carbonyl (C=O) groups excluding carboxylic acids is 2. The average molecular weight is 485 g/mol. The zero-order valence-electron chi connectivity index (χ0n) is 18.1. The van der Waals surface area contributed by atoms with Crippen molar-refractivity contribution in [2.75, 3.05) is 44.3 Å². The topological polar surface area (TPSA) is 90.7 Å². The van der Waals surface area contributed by atoms with Crippen molar-refractivity contribution in [3.63, 3.8) is 0 Å². The van der Waals surface area contributed by atoms with E-state index in [0.717, 1.165) is 10.9 Å². The molecule has 3 aliphatic heterocycles. The lowest BCUT2D eigenvalue weighted by atomic mass is 10.1. The molecule has 3 aromatic rings. The summed E-state index contributed by atoms with van der Waals surface area (Å²) in [4.78, 5) is 28.1. The van der Waals surface area contributed by atoms with Crippen molar-refractivity contribution in [2.45, 2.75) is 12.3 Å². The Balaban J connectivity index is 1.26. The highest BCUT2D eigenvalue weighted by molar-refractivity contribution is 6.34. The third-order valence-corrected chi connectivity index (χ3v) is 6.61. The summed E-state index contributed by atoms with van der Waals surface area (Å²) in [6.07, 6.45) is 2.40. The van der Waals surface area contributed by atoms with Crippen molar-refractivity contribution in [3.05, 3.63) is 53.2 Å². The van der Waals surface area contributed by atoms with Gasteiger partial charge in [0.25, 0.3) is 0 Å². The van der Waals surface area contributed by atoms with Crippen molar-refractivity contribution in [1.82, 2.24) is 4.90 Å². The zero-order chi connectivity index (χ0) is 23.3. The summed E-state index contributed by atoms with van der Waals surface area (Å²) in [5.41, 5.74) is 2.34. The van der Waals surface area contributed by atoms with E-state index in [1.165, 1.54) is 0 Å². The number of carbonyl (C=O) groups is 2. The van der Waals surface area contributed by atoms with Crippen LogP contribution in [-0.4, -0.2) is 62.1 Å². The van der Waals surface area contributed by atoms with E-state index in [9.17, 15) is 9.59 Å². The van der Waals surface area contributed by atoms with Crippen LogP contribution in [0.2, 0.25) is 5.02 Å². The number of furan rings is 1. The number of rotatable bonds is 4. The molecule has 0 bridgehead atoms. The molecule has 2 aromatic carbocycles. The first-order chi connectivity index (χ1) is 16.5. The first-order valence-electron chi connectivity index (χ1n) is 11.0. The normalized spacial score (nSPS) is 19.5. The number of esters is 2. The van der Waals surface area contributed by atoms with Crippen LogP contribution in [0.15, 0.2) is 47.1 Å². The summed E-state index contributed by atoms with van der Waals surface area (Å²) in [6.45, 7) is 2.77. The number of hydrogen-bond donors (Lipinski definition) is 0. The van der Waals surface area contributed by atoms with Crippen LogP contribution in [0.25, 0.3) is 11.0 Å². The molecule has 176 valence electrons. The lowest BCUT2D eigenvalue weighted by Gasteiger charge is -2.46. The second-order valence-electron chi connectivity index (χ2n) is 8.35. The van der Waals surface area contributed by atoms with Gasteiger partial charge in [-0.25, -0.2) is 9.59 Å². The van der Waals surface area contributed by atoms with Crippen molar-refractivity contribution < 1.29 is 33.0 Å². The molecule has 6 rings (SSSR count). The monoisotopic (exact) mass is 484 g/mol. The molecule has 2 fully saturated rings. The fraction of sp³-hybridized carbons (Fsp3) is 0.333. The molecule has 0 radical (unpaired) electrons. The van der Waals surface area contributed by atoms with Gasteiger partial charge in [-0.1, -0.05) is 29.8 Å². The molecule has 0 N–H and O–H groups in total. The molecule has 1 aromatic heterocycles. The lowest BCUT2D eigenvalue weighted by Crippen LogP contribution is -2.64. The SMILES string of the molecule is O=C1OC2(CN(CCc3coc4c(Cl)cccc34)CCN2c2cccc3c2OCCO3)OC1=O. The van der Waals surface area contributed by atoms with Crippen molar-refractivity contribution in [1.29, 1.82) is 0 Å². The predicted molar refractivity (Wildman–Crippen MR) is 121 cm³/mol. The summed E-state index contributed by atoms with van der Waals surface area (Å²) in [6, 6.07) is 11.1. The molecule has 0 aliphatic carbocycles. The van der Waals surface area contributed by atoms with E-state index in [0.29, 0.717) is 67.1 Å². The van der Waals surface area contributed by atoms with Gasteiger partial charge in [-0.3, -0.25) is 9.80 Å². The summed E-state index contributed by atoms with van der Waals surface area (Å²) in [5.74, 6) is -2.46. The quantitative estimate of drug-likeness (QED) is 0.409. The minimum atomic E-state index is -1.58. The second-order valence-corrected chi connectivity index (χ2v) is 8.76. The summed E-state index contributed by atoms with van der Waals surface area (Å²) >= 11 is 6.23. The molecule has 1 spiro atoms. The number of benzene rings is 2. The number of anilines is 1. The molecule has 9 nitrogen and oxygen atoms in total. The van der Waals surface area contributed by atoms with E-state index >= 15 is 0 Å². The maximum atomic E-state index is 12.1. The number of piperazine rings is 1. The Hall–Kier alpha value is -3.43. The highest BCUT2D eigenvalue weighted by Crippen LogP contribution is 2.44. The Morgan fingerprint density at radius 2 is 1.76 bits per heavy atom. The van der Waals surface area contributed by atoms with Gasteiger partial charge in [-0.2, -0.15) is 0 Å². The van der Waals surface area contributed by atoms with Gasteiger partial charge in [-0.15, -0.1) is 0 Å². The molecule has 0 amide bonds. The Morgan fingerprint density at radius 3 is 2.62 bits per heavy atom. The van der Waals surface area contributed by atoms with Crippen LogP contribution in [-0.2, 0) is 25.5 Å². The Kier molecular flexibility index (Phi) is 5.04. The molecule has 10 heteroatoms. The van der Waals surface area contributed by atoms with E-state index in [1.807, 2.05) is 30.3 Å². The molecule has 0 unspecified atom stereocenters. The first-order valence-corrected chi connectivity index (χ1v) is 11.4. The molecular formula is C24H21ClN2O7. The maximum Gasteiger partial charge on any atom is 0.422 e. The van der Waals surface area contributed by atoms with Gasteiger partial charge in [0.05, 0.1) is 23.5 Å². The van der Waals surface area contributed by atoms with Crippen LogP contribution < -0.4 is 14.4 Å². The van der Waals surface area contributed by atoms with Crippen LogP contribution in [0, 0.1) is 0 Å². The van der Waals surface area contributed by atoms with Crippen LogP contribution >= 0.6 is 11.6 Å². The average Bonchev–Trinajstić information content (AvgIpc) is 3.38. The molecule has 4 heterocycles. The highest BCUT2D eigenvalue weighted by atomic mass is 35.5. The molecule has 0 saturated carbocycles. The number of nitrogens with zero attached hydrogens (tertiary/aromatic N) is 2. The number of para-hydroxylation sites is 2. The van der Waals surface area contributed by atoms with Crippen LogP contribution in [0.4, 0.5) is 5.69 Å². The number of fused-ring (bicyclic) bond motifs is 2. The van der Waals surface area contributed by atoms with E-state index in [4.69, 9.17) is 35.0 Å². The zero-order valence-corrected chi connectivity index (χ0v) is 18.9. The molecule has 0 atom stereocenters. The van der Waals surface area contributed by atoms with Crippen molar-refractivity contribution in [2.24, 2.45) is 0 Å². The second kappa shape index (κ2) is 8.11.